The minimum absolute atomic E-state index is 0.167. The van der Waals surface area contributed by atoms with Crippen LogP contribution >= 0.6 is 22.9 Å². The van der Waals surface area contributed by atoms with E-state index in [1.165, 1.54) is 11.3 Å². The Morgan fingerprint density at radius 1 is 1.30 bits per heavy atom. The normalized spacial score (nSPS) is 10.2. The first-order valence-electron chi connectivity index (χ1n) is 5.99. The molecule has 20 heavy (non-hydrogen) atoms. The first kappa shape index (κ1) is 14.7. The molecule has 2 amide bonds. The second kappa shape index (κ2) is 6.63. The Morgan fingerprint density at radius 2 is 2.00 bits per heavy atom. The lowest BCUT2D eigenvalue weighted by Crippen LogP contribution is -2.30. The van der Waals surface area contributed by atoms with Gasteiger partial charge in [-0.1, -0.05) is 11.6 Å². The van der Waals surface area contributed by atoms with Gasteiger partial charge in [-0.2, -0.15) is 0 Å². The number of nitrogens with zero attached hydrogens (tertiary/aromatic N) is 1. The smallest absolute Gasteiger partial charge is 0.321 e. The van der Waals surface area contributed by atoms with Gasteiger partial charge in [0.2, 0.25) is 0 Å². The van der Waals surface area contributed by atoms with E-state index in [1.54, 1.807) is 43.3 Å². The molecule has 1 aromatic carbocycles. The van der Waals surface area contributed by atoms with E-state index < -0.39 is 0 Å². The second-order valence-corrected chi connectivity index (χ2v) is 6.02. The molecular formula is C14H15ClN2O2S. The molecule has 1 N–H and O–H groups in total. The number of ether oxygens (including phenoxy) is 1. The number of hydrogen-bond acceptors (Lipinski definition) is 3. The Labute approximate surface area is 126 Å². The Morgan fingerprint density at radius 3 is 2.55 bits per heavy atom. The van der Waals surface area contributed by atoms with E-state index >= 15 is 0 Å². The van der Waals surface area contributed by atoms with Crippen LogP contribution in [0.15, 0.2) is 36.4 Å². The number of amides is 2. The Balaban J connectivity index is 1.93. The molecule has 0 fully saturated rings. The predicted molar refractivity (Wildman–Crippen MR) is 82.8 cm³/mol. The summed E-state index contributed by atoms with van der Waals surface area (Å²) in [6.45, 7) is 0.527. The first-order chi connectivity index (χ1) is 9.58. The van der Waals surface area contributed by atoms with Crippen molar-refractivity contribution in [1.29, 1.82) is 0 Å². The van der Waals surface area contributed by atoms with Gasteiger partial charge in [-0.05, 0) is 36.4 Å². The zero-order valence-corrected chi connectivity index (χ0v) is 12.8. The minimum atomic E-state index is -0.167. The zero-order chi connectivity index (χ0) is 14.5. The molecule has 1 heterocycles. The van der Waals surface area contributed by atoms with Crippen LogP contribution in [-0.2, 0) is 6.54 Å². The van der Waals surface area contributed by atoms with Crippen molar-refractivity contribution in [2.75, 3.05) is 19.5 Å². The van der Waals surface area contributed by atoms with E-state index in [1.807, 2.05) is 12.1 Å². The lowest BCUT2D eigenvalue weighted by molar-refractivity contribution is 0.221. The van der Waals surface area contributed by atoms with Crippen LogP contribution in [0.2, 0.25) is 4.34 Å². The lowest BCUT2D eigenvalue weighted by Gasteiger charge is -2.17. The van der Waals surface area contributed by atoms with Crippen molar-refractivity contribution in [1.82, 2.24) is 4.90 Å². The maximum atomic E-state index is 12.0. The number of carbonyl (C=O) groups is 1. The Bertz CT molecular complexity index is 583. The van der Waals surface area contributed by atoms with Gasteiger partial charge in [0.1, 0.15) is 5.75 Å². The number of urea groups is 1. The van der Waals surface area contributed by atoms with Crippen molar-refractivity contribution in [3.63, 3.8) is 0 Å². The van der Waals surface area contributed by atoms with Gasteiger partial charge in [-0.3, -0.25) is 0 Å². The highest BCUT2D eigenvalue weighted by Gasteiger charge is 2.10. The summed E-state index contributed by atoms with van der Waals surface area (Å²) >= 11 is 7.34. The number of benzene rings is 1. The van der Waals surface area contributed by atoms with Crippen LogP contribution in [0.4, 0.5) is 10.5 Å². The maximum Gasteiger partial charge on any atom is 0.321 e. The molecule has 0 aliphatic rings. The van der Waals surface area contributed by atoms with Gasteiger partial charge in [-0.25, -0.2) is 4.79 Å². The molecule has 0 aliphatic heterocycles. The third kappa shape index (κ3) is 3.88. The fourth-order valence-electron chi connectivity index (χ4n) is 1.64. The van der Waals surface area contributed by atoms with Crippen LogP contribution in [-0.4, -0.2) is 25.1 Å². The number of hydrogen-bond donors (Lipinski definition) is 1. The molecule has 1 aromatic heterocycles. The lowest BCUT2D eigenvalue weighted by atomic mass is 10.3. The van der Waals surface area contributed by atoms with Crippen LogP contribution in [0.1, 0.15) is 4.88 Å². The van der Waals surface area contributed by atoms with Gasteiger partial charge < -0.3 is 15.0 Å². The molecule has 0 unspecified atom stereocenters. The summed E-state index contributed by atoms with van der Waals surface area (Å²) < 4.78 is 5.79. The summed E-state index contributed by atoms with van der Waals surface area (Å²) in [4.78, 5) is 14.7. The molecular weight excluding hydrogens is 296 g/mol. The highest BCUT2D eigenvalue weighted by atomic mass is 35.5. The zero-order valence-electron chi connectivity index (χ0n) is 11.2. The average molecular weight is 311 g/mol. The van der Waals surface area contributed by atoms with E-state index in [9.17, 15) is 4.79 Å². The molecule has 0 bridgehead atoms. The largest absolute Gasteiger partial charge is 0.497 e. The van der Waals surface area contributed by atoms with Crippen LogP contribution in [0.5, 0.6) is 5.75 Å². The number of nitrogens with one attached hydrogen (secondary N) is 1. The number of methoxy groups -OCH3 is 1. The molecule has 0 saturated carbocycles. The van der Waals surface area contributed by atoms with E-state index in [-0.39, 0.29) is 6.03 Å². The van der Waals surface area contributed by atoms with Crippen LogP contribution in [0.25, 0.3) is 0 Å². The van der Waals surface area contributed by atoms with Crippen LogP contribution < -0.4 is 10.1 Å². The Hall–Kier alpha value is -1.72. The van der Waals surface area contributed by atoms with Gasteiger partial charge in [0, 0.05) is 17.6 Å². The summed E-state index contributed by atoms with van der Waals surface area (Å²) in [5.41, 5.74) is 0.729. The number of anilines is 1. The fourth-order valence-corrected chi connectivity index (χ4v) is 2.78. The summed E-state index contributed by atoms with van der Waals surface area (Å²) in [6.07, 6.45) is 0. The molecule has 106 valence electrons. The molecule has 2 aromatic rings. The van der Waals surface area contributed by atoms with E-state index in [0.29, 0.717) is 6.54 Å². The number of thiophene rings is 1. The topological polar surface area (TPSA) is 41.6 Å². The van der Waals surface area contributed by atoms with Gasteiger partial charge in [0.05, 0.1) is 18.0 Å². The predicted octanol–water partition coefficient (Wildman–Crippen LogP) is 4.07. The molecule has 0 saturated heterocycles. The monoisotopic (exact) mass is 310 g/mol. The minimum Gasteiger partial charge on any atom is -0.497 e. The second-order valence-electron chi connectivity index (χ2n) is 4.22. The quantitative estimate of drug-likeness (QED) is 0.924. The van der Waals surface area contributed by atoms with Crippen molar-refractivity contribution >= 4 is 34.7 Å². The van der Waals surface area contributed by atoms with Crippen molar-refractivity contribution in [2.24, 2.45) is 0 Å². The van der Waals surface area contributed by atoms with Crippen molar-refractivity contribution < 1.29 is 9.53 Å². The number of rotatable bonds is 4. The van der Waals surface area contributed by atoms with Gasteiger partial charge in [0.15, 0.2) is 0 Å². The highest BCUT2D eigenvalue weighted by Crippen LogP contribution is 2.22. The molecule has 0 aliphatic carbocycles. The number of halogens is 1. The average Bonchev–Trinajstić information content (AvgIpc) is 2.85. The standard InChI is InChI=1S/C14H15ClN2O2S/c1-17(9-12-7-8-13(15)20-12)14(18)16-10-3-5-11(19-2)6-4-10/h3-8H,9H2,1-2H3,(H,16,18). The summed E-state index contributed by atoms with van der Waals surface area (Å²) in [6, 6.07) is 10.8. The van der Waals surface area contributed by atoms with E-state index in [4.69, 9.17) is 16.3 Å². The summed E-state index contributed by atoms with van der Waals surface area (Å²) in [5, 5.41) is 2.82. The molecule has 6 heteroatoms. The summed E-state index contributed by atoms with van der Waals surface area (Å²) in [5.74, 6) is 0.754. The van der Waals surface area contributed by atoms with E-state index in [0.717, 1.165) is 20.7 Å². The molecule has 2 rings (SSSR count). The Kier molecular flexibility index (Phi) is 4.87. The van der Waals surface area contributed by atoms with Crippen LogP contribution in [0, 0.1) is 0 Å². The molecule has 0 atom stereocenters. The van der Waals surface area contributed by atoms with Crippen LogP contribution in [0.3, 0.4) is 0 Å². The van der Waals surface area contributed by atoms with E-state index in [2.05, 4.69) is 5.32 Å². The fraction of sp³-hybridized carbons (Fsp3) is 0.214. The SMILES string of the molecule is COc1ccc(NC(=O)N(C)Cc2ccc(Cl)s2)cc1. The third-order valence-corrected chi connectivity index (χ3v) is 3.93. The summed E-state index contributed by atoms with van der Waals surface area (Å²) in [7, 11) is 3.35. The first-order valence-corrected chi connectivity index (χ1v) is 7.18. The highest BCUT2D eigenvalue weighted by molar-refractivity contribution is 7.16. The molecule has 0 radical (unpaired) electrons. The molecule has 4 nitrogen and oxygen atoms in total. The van der Waals surface area contributed by atoms with Gasteiger partial charge >= 0.3 is 6.03 Å². The maximum absolute atomic E-state index is 12.0. The van der Waals surface area contributed by atoms with Crippen molar-refractivity contribution in [3.05, 3.63) is 45.6 Å². The van der Waals surface area contributed by atoms with Gasteiger partial charge in [0.25, 0.3) is 0 Å². The van der Waals surface area contributed by atoms with Crippen molar-refractivity contribution in [2.45, 2.75) is 6.54 Å². The third-order valence-electron chi connectivity index (χ3n) is 2.71. The van der Waals surface area contributed by atoms with Gasteiger partial charge in [-0.15, -0.1) is 11.3 Å². The molecule has 0 spiro atoms. The van der Waals surface area contributed by atoms with Crippen molar-refractivity contribution in [3.8, 4) is 5.75 Å². The number of carbonyl (C=O) groups excluding carboxylic acids is 1.